The van der Waals surface area contributed by atoms with Crippen molar-refractivity contribution >= 4 is 0 Å². The standard InChI is InChI=1S/C16H23NO/c1-5-9-15(6-2)17-12-14-10-7-8-11-16(14)18-13(3)4/h1,7-8,10-11,13,15,17H,6,9,12H2,2-4H3. The molecule has 0 saturated heterocycles. The molecule has 0 amide bonds. The molecule has 18 heavy (non-hydrogen) atoms. The van der Waals surface area contributed by atoms with E-state index in [2.05, 4.69) is 24.2 Å². The summed E-state index contributed by atoms with van der Waals surface area (Å²) >= 11 is 0. The lowest BCUT2D eigenvalue weighted by Crippen LogP contribution is -2.27. The van der Waals surface area contributed by atoms with Crippen LogP contribution in [0.3, 0.4) is 0 Å². The zero-order valence-corrected chi connectivity index (χ0v) is 11.6. The van der Waals surface area contributed by atoms with Gasteiger partial charge in [0.1, 0.15) is 5.75 Å². The smallest absolute Gasteiger partial charge is 0.124 e. The highest BCUT2D eigenvalue weighted by atomic mass is 16.5. The maximum Gasteiger partial charge on any atom is 0.124 e. The van der Waals surface area contributed by atoms with Crippen LogP contribution in [-0.2, 0) is 6.54 Å². The molecule has 0 aliphatic carbocycles. The van der Waals surface area contributed by atoms with Gasteiger partial charge in [-0.3, -0.25) is 0 Å². The van der Waals surface area contributed by atoms with Crippen molar-refractivity contribution in [1.29, 1.82) is 0 Å². The molecule has 0 bridgehead atoms. The van der Waals surface area contributed by atoms with E-state index in [1.165, 1.54) is 5.56 Å². The van der Waals surface area contributed by atoms with Gasteiger partial charge in [-0.25, -0.2) is 0 Å². The lowest BCUT2D eigenvalue weighted by Gasteiger charge is -2.17. The minimum absolute atomic E-state index is 0.193. The third-order valence-electron chi connectivity index (χ3n) is 2.77. The summed E-state index contributed by atoms with van der Waals surface area (Å²) in [5, 5.41) is 3.48. The SMILES string of the molecule is C#CCC(CC)NCc1ccccc1OC(C)C. The highest BCUT2D eigenvalue weighted by molar-refractivity contribution is 5.33. The Morgan fingerprint density at radius 3 is 2.67 bits per heavy atom. The van der Waals surface area contributed by atoms with Crippen molar-refractivity contribution in [2.75, 3.05) is 0 Å². The third-order valence-corrected chi connectivity index (χ3v) is 2.77. The van der Waals surface area contributed by atoms with Crippen LogP contribution in [-0.4, -0.2) is 12.1 Å². The molecule has 0 aromatic heterocycles. The van der Waals surface area contributed by atoms with Crippen LogP contribution in [0, 0.1) is 12.3 Å². The molecule has 0 spiro atoms. The van der Waals surface area contributed by atoms with Crippen molar-refractivity contribution in [2.45, 2.75) is 52.3 Å². The van der Waals surface area contributed by atoms with Crippen molar-refractivity contribution in [3.63, 3.8) is 0 Å². The molecule has 1 N–H and O–H groups in total. The number of hydrogen-bond acceptors (Lipinski definition) is 2. The fourth-order valence-electron chi connectivity index (χ4n) is 1.78. The molecule has 0 aliphatic rings. The maximum absolute atomic E-state index is 5.79. The van der Waals surface area contributed by atoms with E-state index in [0.29, 0.717) is 6.04 Å². The van der Waals surface area contributed by atoms with Gasteiger partial charge in [-0.15, -0.1) is 12.3 Å². The second kappa shape index (κ2) is 7.79. The summed E-state index contributed by atoms with van der Waals surface area (Å²) in [6.07, 6.45) is 7.36. The van der Waals surface area contributed by atoms with Gasteiger partial charge < -0.3 is 10.1 Å². The Kier molecular flexibility index (Phi) is 6.32. The minimum atomic E-state index is 0.193. The quantitative estimate of drug-likeness (QED) is 0.744. The Hall–Kier alpha value is -1.46. The average Bonchev–Trinajstić information content (AvgIpc) is 2.35. The van der Waals surface area contributed by atoms with E-state index in [1.807, 2.05) is 32.0 Å². The van der Waals surface area contributed by atoms with Crippen molar-refractivity contribution in [1.82, 2.24) is 5.32 Å². The van der Waals surface area contributed by atoms with Gasteiger partial charge in [-0.1, -0.05) is 25.1 Å². The molecule has 0 aliphatic heterocycles. The van der Waals surface area contributed by atoms with E-state index in [-0.39, 0.29) is 6.10 Å². The molecule has 1 aromatic rings. The molecule has 2 nitrogen and oxygen atoms in total. The number of nitrogens with one attached hydrogen (secondary N) is 1. The molecule has 1 rings (SSSR count). The van der Waals surface area contributed by atoms with E-state index in [9.17, 15) is 0 Å². The number of benzene rings is 1. The Labute approximate surface area is 111 Å². The molecule has 0 fully saturated rings. The predicted octanol–water partition coefficient (Wildman–Crippen LogP) is 3.37. The molecular weight excluding hydrogens is 222 g/mol. The normalized spacial score (nSPS) is 12.2. The minimum Gasteiger partial charge on any atom is -0.491 e. The van der Waals surface area contributed by atoms with Crippen molar-refractivity contribution in [2.24, 2.45) is 0 Å². The van der Waals surface area contributed by atoms with Gasteiger partial charge in [0.25, 0.3) is 0 Å². The Morgan fingerprint density at radius 1 is 1.33 bits per heavy atom. The molecule has 98 valence electrons. The van der Waals surface area contributed by atoms with Crippen LogP contribution in [0.15, 0.2) is 24.3 Å². The zero-order valence-electron chi connectivity index (χ0n) is 11.6. The van der Waals surface area contributed by atoms with Crippen LogP contribution in [0.2, 0.25) is 0 Å². The van der Waals surface area contributed by atoms with Crippen LogP contribution in [0.5, 0.6) is 5.75 Å². The molecule has 1 unspecified atom stereocenters. The second-order valence-electron chi connectivity index (χ2n) is 4.67. The van der Waals surface area contributed by atoms with Gasteiger partial charge in [0.15, 0.2) is 0 Å². The monoisotopic (exact) mass is 245 g/mol. The van der Waals surface area contributed by atoms with Crippen molar-refractivity contribution in [3.05, 3.63) is 29.8 Å². The van der Waals surface area contributed by atoms with Crippen LogP contribution in [0.4, 0.5) is 0 Å². The highest BCUT2D eigenvalue weighted by Gasteiger charge is 2.08. The first-order valence-electron chi connectivity index (χ1n) is 6.58. The van der Waals surface area contributed by atoms with Gasteiger partial charge >= 0.3 is 0 Å². The first-order valence-corrected chi connectivity index (χ1v) is 6.58. The number of para-hydroxylation sites is 1. The fourth-order valence-corrected chi connectivity index (χ4v) is 1.78. The molecule has 1 aromatic carbocycles. The maximum atomic E-state index is 5.79. The lowest BCUT2D eigenvalue weighted by atomic mass is 10.1. The number of rotatable bonds is 7. The van der Waals surface area contributed by atoms with E-state index in [1.54, 1.807) is 0 Å². The van der Waals surface area contributed by atoms with E-state index in [4.69, 9.17) is 11.2 Å². The van der Waals surface area contributed by atoms with Crippen LogP contribution >= 0.6 is 0 Å². The van der Waals surface area contributed by atoms with E-state index in [0.717, 1.165) is 25.1 Å². The fraction of sp³-hybridized carbons (Fsp3) is 0.500. The van der Waals surface area contributed by atoms with Crippen LogP contribution < -0.4 is 10.1 Å². The molecule has 0 radical (unpaired) electrons. The third kappa shape index (κ3) is 4.81. The predicted molar refractivity (Wildman–Crippen MR) is 76.6 cm³/mol. The number of hydrogen-bond donors (Lipinski definition) is 1. The molecule has 2 heteroatoms. The molecule has 0 saturated carbocycles. The molecule has 1 atom stereocenters. The van der Waals surface area contributed by atoms with Gasteiger partial charge in [-0.05, 0) is 26.3 Å². The van der Waals surface area contributed by atoms with Crippen LogP contribution in [0.25, 0.3) is 0 Å². The summed E-state index contributed by atoms with van der Waals surface area (Å²) < 4.78 is 5.79. The lowest BCUT2D eigenvalue weighted by molar-refractivity contribution is 0.239. The van der Waals surface area contributed by atoms with Gasteiger partial charge in [0.05, 0.1) is 6.10 Å². The summed E-state index contributed by atoms with van der Waals surface area (Å²) in [6, 6.07) is 8.51. The number of terminal acetylenes is 1. The highest BCUT2D eigenvalue weighted by Crippen LogP contribution is 2.19. The van der Waals surface area contributed by atoms with E-state index >= 15 is 0 Å². The van der Waals surface area contributed by atoms with Gasteiger partial charge in [-0.2, -0.15) is 0 Å². The second-order valence-corrected chi connectivity index (χ2v) is 4.67. The average molecular weight is 245 g/mol. The summed E-state index contributed by atoms with van der Waals surface area (Å²) in [6.45, 7) is 7.02. The largest absolute Gasteiger partial charge is 0.491 e. The Bertz CT molecular complexity index is 392. The topological polar surface area (TPSA) is 21.3 Å². The summed E-state index contributed by atoms with van der Waals surface area (Å²) in [5.74, 6) is 3.66. The number of ether oxygens (including phenoxy) is 1. The summed E-state index contributed by atoms with van der Waals surface area (Å²) in [7, 11) is 0. The molecule has 0 heterocycles. The van der Waals surface area contributed by atoms with Crippen molar-refractivity contribution < 1.29 is 4.74 Å². The van der Waals surface area contributed by atoms with E-state index < -0.39 is 0 Å². The molecular formula is C16H23NO. The van der Waals surface area contributed by atoms with Crippen LogP contribution in [0.1, 0.15) is 39.2 Å². The van der Waals surface area contributed by atoms with Crippen molar-refractivity contribution in [3.8, 4) is 18.1 Å². The first kappa shape index (κ1) is 14.6. The van der Waals surface area contributed by atoms with Gasteiger partial charge in [0, 0.05) is 24.6 Å². The Balaban J connectivity index is 2.63. The summed E-state index contributed by atoms with van der Waals surface area (Å²) in [5.41, 5.74) is 1.18. The first-order chi connectivity index (χ1) is 8.67. The summed E-state index contributed by atoms with van der Waals surface area (Å²) in [4.78, 5) is 0. The van der Waals surface area contributed by atoms with Gasteiger partial charge in [0.2, 0.25) is 0 Å². The Morgan fingerprint density at radius 2 is 2.06 bits per heavy atom. The zero-order chi connectivity index (χ0) is 13.4.